The molecule has 0 spiro atoms. The molecular weight excluding hydrogens is 311 g/mol. The average molecular weight is 321 g/mol. The number of hydrogen-bond acceptors (Lipinski definition) is 4. The largest absolute Gasteiger partial charge is 0.465 e. The third-order valence-electron chi connectivity index (χ3n) is 2.91. The highest BCUT2D eigenvalue weighted by molar-refractivity contribution is 5.97. The van der Waals surface area contributed by atoms with Crippen LogP contribution in [-0.4, -0.2) is 13.1 Å². The lowest BCUT2D eigenvalue weighted by Gasteiger charge is -2.07. The molecule has 0 aliphatic rings. The van der Waals surface area contributed by atoms with E-state index in [0.29, 0.717) is 0 Å². The topological polar surface area (TPSA) is 63.2 Å². The van der Waals surface area contributed by atoms with Gasteiger partial charge in [-0.1, -0.05) is 12.1 Å². The van der Waals surface area contributed by atoms with Crippen LogP contribution in [0.25, 0.3) is 17.4 Å². The van der Waals surface area contributed by atoms with Crippen LogP contribution in [0.15, 0.2) is 46.4 Å². The van der Waals surface area contributed by atoms with Gasteiger partial charge in [0.15, 0.2) is 0 Å². The Hall–Kier alpha value is -3.01. The molecule has 7 heteroatoms. The third-order valence-corrected chi connectivity index (χ3v) is 2.91. The van der Waals surface area contributed by atoms with Gasteiger partial charge >= 0.3 is 12.1 Å². The van der Waals surface area contributed by atoms with Crippen molar-refractivity contribution < 1.29 is 27.1 Å². The summed E-state index contributed by atoms with van der Waals surface area (Å²) in [7, 11) is 1.13. The van der Waals surface area contributed by atoms with E-state index >= 15 is 0 Å². The van der Waals surface area contributed by atoms with Gasteiger partial charge in [-0.2, -0.15) is 18.4 Å². The maximum absolute atomic E-state index is 12.7. The first-order chi connectivity index (χ1) is 10.8. The van der Waals surface area contributed by atoms with E-state index in [1.165, 1.54) is 24.3 Å². The number of halogens is 3. The maximum Gasteiger partial charge on any atom is 0.416 e. The van der Waals surface area contributed by atoms with Crippen molar-refractivity contribution in [3.05, 3.63) is 53.3 Å². The summed E-state index contributed by atoms with van der Waals surface area (Å²) < 4.78 is 47.9. The number of benzene rings is 1. The lowest BCUT2D eigenvalue weighted by Crippen LogP contribution is -2.04. The van der Waals surface area contributed by atoms with Crippen LogP contribution in [-0.2, 0) is 15.7 Å². The highest BCUT2D eigenvalue weighted by Crippen LogP contribution is 2.32. The number of esters is 1. The van der Waals surface area contributed by atoms with E-state index < -0.39 is 17.7 Å². The fourth-order valence-electron chi connectivity index (χ4n) is 1.82. The molecule has 0 aliphatic carbocycles. The third kappa shape index (κ3) is 3.80. The van der Waals surface area contributed by atoms with E-state index in [-0.39, 0.29) is 22.7 Å². The lowest BCUT2D eigenvalue weighted by atomic mass is 10.1. The normalized spacial score (nSPS) is 11.9. The number of nitrogens with zero attached hydrogens (tertiary/aromatic N) is 1. The summed E-state index contributed by atoms with van der Waals surface area (Å²) in [6.07, 6.45) is -3.30. The number of nitriles is 1. The quantitative estimate of drug-likeness (QED) is 0.486. The van der Waals surface area contributed by atoms with Crippen molar-refractivity contribution in [1.29, 1.82) is 5.26 Å². The van der Waals surface area contributed by atoms with Crippen LogP contribution in [0.5, 0.6) is 0 Å². The van der Waals surface area contributed by atoms with Crippen molar-refractivity contribution >= 4 is 12.0 Å². The van der Waals surface area contributed by atoms with Crippen LogP contribution in [0, 0.1) is 11.3 Å². The molecule has 23 heavy (non-hydrogen) atoms. The lowest BCUT2D eigenvalue weighted by molar-refractivity contribution is -0.137. The minimum Gasteiger partial charge on any atom is -0.465 e. The molecule has 2 aromatic rings. The standard InChI is InChI=1S/C16H10F3NO3/c1-22-15(21)11(9-20)8-13-5-6-14(23-13)10-3-2-4-12(7-10)16(17,18)19/h2-8H,1H3. The van der Waals surface area contributed by atoms with Crippen molar-refractivity contribution in [3.8, 4) is 17.4 Å². The number of carbonyl (C=O) groups excluding carboxylic acids is 1. The van der Waals surface area contributed by atoms with Gasteiger partial charge in [0.1, 0.15) is 23.2 Å². The zero-order valence-electron chi connectivity index (χ0n) is 11.8. The van der Waals surface area contributed by atoms with Crippen molar-refractivity contribution in [3.63, 3.8) is 0 Å². The summed E-state index contributed by atoms with van der Waals surface area (Å²) in [6.45, 7) is 0. The van der Waals surface area contributed by atoms with Crippen molar-refractivity contribution in [1.82, 2.24) is 0 Å². The van der Waals surface area contributed by atoms with Gasteiger partial charge in [-0.05, 0) is 24.3 Å². The Morgan fingerprint density at radius 3 is 2.65 bits per heavy atom. The monoisotopic (exact) mass is 321 g/mol. The van der Waals surface area contributed by atoms with Crippen LogP contribution in [0.1, 0.15) is 11.3 Å². The summed E-state index contributed by atoms with van der Waals surface area (Å²) in [4.78, 5) is 11.3. The molecule has 0 aliphatic heterocycles. The van der Waals surface area contributed by atoms with Gasteiger partial charge in [0.05, 0.1) is 12.7 Å². The van der Waals surface area contributed by atoms with Gasteiger partial charge in [0.25, 0.3) is 0 Å². The van der Waals surface area contributed by atoms with E-state index in [9.17, 15) is 18.0 Å². The van der Waals surface area contributed by atoms with Crippen molar-refractivity contribution in [2.45, 2.75) is 6.18 Å². The number of rotatable bonds is 3. The molecule has 0 atom stereocenters. The molecule has 0 saturated carbocycles. The SMILES string of the molecule is COC(=O)C(C#N)=Cc1ccc(-c2cccc(C(F)(F)F)c2)o1. The molecule has 1 heterocycles. The molecule has 0 amide bonds. The second-order valence-electron chi connectivity index (χ2n) is 4.44. The number of methoxy groups -OCH3 is 1. The molecule has 4 nitrogen and oxygen atoms in total. The Balaban J connectivity index is 2.35. The number of alkyl halides is 3. The van der Waals surface area contributed by atoms with E-state index in [2.05, 4.69) is 4.74 Å². The molecule has 0 saturated heterocycles. The zero-order chi connectivity index (χ0) is 17.0. The van der Waals surface area contributed by atoms with Crippen molar-refractivity contribution in [2.75, 3.05) is 7.11 Å². The van der Waals surface area contributed by atoms with E-state index in [1.807, 2.05) is 0 Å². The molecule has 0 unspecified atom stereocenters. The first-order valence-electron chi connectivity index (χ1n) is 6.32. The molecule has 2 rings (SSSR count). The Morgan fingerprint density at radius 1 is 1.30 bits per heavy atom. The smallest absolute Gasteiger partial charge is 0.416 e. The van der Waals surface area contributed by atoms with Crippen LogP contribution in [0.4, 0.5) is 13.2 Å². The summed E-state index contributed by atoms with van der Waals surface area (Å²) in [6, 6.07) is 9.20. The molecule has 0 radical (unpaired) electrons. The van der Waals surface area contributed by atoms with Gasteiger partial charge in [0, 0.05) is 11.6 Å². The van der Waals surface area contributed by atoms with E-state index in [1.54, 1.807) is 6.07 Å². The molecule has 0 bridgehead atoms. The highest BCUT2D eigenvalue weighted by Gasteiger charge is 2.30. The number of carbonyl (C=O) groups is 1. The first-order valence-corrected chi connectivity index (χ1v) is 6.32. The number of ether oxygens (including phenoxy) is 1. The van der Waals surface area contributed by atoms with E-state index in [0.717, 1.165) is 25.3 Å². The van der Waals surface area contributed by atoms with Gasteiger partial charge in [-0.25, -0.2) is 4.79 Å². The Bertz CT molecular complexity index is 797. The summed E-state index contributed by atoms with van der Waals surface area (Å²) in [5.41, 5.74) is -0.843. The molecule has 118 valence electrons. The highest BCUT2D eigenvalue weighted by atomic mass is 19.4. The maximum atomic E-state index is 12.7. The summed E-state index contributed by atoms with van der Waals surface area (Å²) in [5, 5.41) is 8.85. The van der Waals surface area contributed by atoms with E-state index in [4.69, 9.17) is 9.68 Å². The van der Waals surface area contributed by atoms with Crippen LogP contribution in [0.2, 0.25) is 0 Å². The second kappa shape index (κ2) is 6.40. The minimum absolute atomic E-state index is 0.152. The molecular formula is C16H10F3NO3. The predicted molar refractivity (Wildman–Crippen MR) is 74.8 cm³/mol. The second-order valence-corrected chi connectivity index (χ2v) is 4.44. The van der Waals surface area contributed by atoms with Gasteiger partial charge in [-0.15, -0.1) is 0 Å². The van der Waals surface area contributed by atoms with Gasteiger partial charge < -0.3 is 9.15 Å². The molecule has 0 N–H and O–H groups in total. The predicted octanol–water partition coefficient (Wildman–Crippen LogP) is 4.05. The fraction of sp³-hybridized carbons (Fsp3) is 0.125. The van der Waals surface area contributed by atoms with Crippen LogP contribution >= 0.6 is 0 Å². The zero-order valence-corrected chi connectivity index (χ0v) is 11.8. The number of hydrogen-bond donors (Lipinski definition) is 0. The molecule has 1 aromatic heterocycles. The van der Waals surface area contributed by atoms with Crippen molar-refractivity contribution in [2.24, 2.45) is 0 Å². The minimum atomic E-state index is -4.45. The Kier molecular flexibility index (Phi) is 4.55. The fourth-order valence-corrected chi connectivity index (χ4v) is 1.82. The average Bonchev–Trinajstić information content (AvgIpc) is 3.00. The first kappa shape index (κ1) is 16.4. The Morgan fingerprint density at radius 2 is 2.04 bits per heavy atom. The summed E-state index contributed by atoms with van der Waals surface area (Å²) in [5.74, 6) is -0.492. The van der Waals surface area contributed by atoms with Gasteiger partial charge in [-0.3, -0.25) is 0 Å². The molecule has 1 aromatic carbocycles. The number of furan rings is 1. The Labute approximate surface area is 129 Å². The summed E-state index contributed by atoms with van der Waals surface area (Å²) >= 11 is 0. The van der Waals surface area contributed by atoms with Crippen LogP contribution in [0.3, 0.4) is 0 Å². The molecule has 0 fully saturated rings. The van der Waals surface area contributed by atoms with Gasteiger partial charge in [0.2, 0.25) is 0 Å². The van der Waals surface area contributed by atoms with Crippen LogP contribution < -0.4 is 0 Å².